The molecule has 1 amide bonds. The van der Waals surface area contributed by atoms with Crippen molar-refractivity contribution in [1.29, 1.82) is 0 Å². The Kier molecular flexibility index (Phi) is 5.89. The van der Waals surface area contributed by atoms with Crippen LogP contribution < -0.4 is 10.1 Å². The average molecular weight is 319 g/mol. The molecule has 1 heterocycles. The summed E-state index contributed by atoms with van der Waals surface area (Å²) < 4.78 is 5.83. The van der Waals surface area contributed by atoms with Gasteiger partial charge in [-0.15, -0.1) is 21.5 Å². The summed E-state index contributed by atoms with van der Waals surface area (Å²) in [5.41, 5.74) is 1.03. The number of aryl methyl sites for hydroxylation is 2. The highest BCUT2D eigenvalue weighted by molar-refractivity contribution is 7.11. The van der Waals surface area contributed by atoms with Crippen LogP contribution >= 0.6 is 11.3 Å². The third-order valence-corrected chi connectivity index (χ3v) is 4.13. The number of benzene rings is 1. The maximum absolute atomic E-state index is 12.2. The predicted molar refractivity (Wildman–Crippen MR) is 87.2 cm³/mol. The number of hydrogen-bond acceptors (Lipinski definition) is 5. The first-order valence-corrected chi connectivity index (χ1v) is 8.20. The molecule has 1 N–H and O–H groups in total. The molecule has 6 heteroatoms. The SMILES string of the molecule is CCC(Oc1ccccc1C)C(=O)NCCc1nnc(C)s1. The van der Waals surface area contributed by atoms with Gasteiger partial charge in [-0.1, -0.05) is 25.1 Å². The van der Waals surface area contributed by atoms with Crippen LogP contribution in [-0.2, 0) is 11.2 Å². The number of rotatable bonds is 7. The number of hydrogen-bond donors (Lipinski definition) is 1. The van der Waals surface area contributed by atoms with E-state index in [-0.39, 0.29) is 5.91 Å². The van der Waals surface area contributed by atoms with E-state index in [4.69, 9.17) is 4.74 Å². The van der Waals surface area contributed by atoms with E-state index in [0.29, 0.717) is 19.4 Å². The quantitative estimate of drug-likeness (QED) is 0.852. The summed E-state index contributed by atoms with van der Waals surface area (Å²) in [5, 5.41) is 12.8. The van der Waals surface area contributed by atoms with Crippen LogP contribution in [0.2, 0.25) is 0 Å². The summed E-state index contributed by atoms with van der Waals surface area (Å²) in [7, 11) is 0. The second-order valence-corrected chi connectivity index (χ2v) is 6.30. The van der Waals surface area contributed by atoms with Crippen molar-refractivity contribution in [3.63, 3.8) is 0 Å². The normalized spacial score (nSPS) is 12.0. The fourth-order valence-corrected chi connectivity index (χ4v) is 2.72. The van der Waals surface area contributed by atoms with Crippen LogP contribution in [0.5, 0.6) is 5.75 Å². The van der Waals surface area contributed by atoms with E-state index in [1.54, 1.807) is 11.3 Å². The van der Waals surface area contributed by atoms with Crippen molar-refractivity contribution in [1.82, 2.24) is 15.5 Å². The summed E-state index contributed by atoms with van der Waals surface area (Å²) in [5.74, 6) is 0.663. The number of para-hydroxylation sites is 1. The zero-order chi connectivity index (χ0) is 15.9. The number of carbonyl (C=O) groups excluding carboxylic acids is 1. The van der Waals surface area contributed by atoms with Crippen LogP contribution in [0.15, 0.2) is 24.3 Å². The second-order valence-electron chi connectivity index (χ2n) is 5.04. The molecular formula is C16H21N3O2S. The molecular weight excluding hydrogens is 298 g/mol. The first-order valence-electron chi connectivity index (χ1n) is 7.39. The molecule has 0 spiro atoms. The lowest BCUT2D eigenvalue weighted by Gasteiger charge is -2.18. The van der Waals surface area contributed by atoms with Crippen molar-refractivity contribution in [3.8, 4) is 5.75 Å². The lowest BCUT2D eigenvalue weighted by atomic mass is 10.2. The van der Waals surface area contributed by atoms with Crippen LogP contribution in [0.4, 0.5) is 0 Å². The second kappa shape index (κ2) is 7.89. The minimum Gasteiger partial charge on any atom is -0.480 e. The topological polar surface area (TPSA) is 64.1 Å². The van der Waals surface area contributed by atoms with Crippen molar-refractivity contribution >= 4 is 17.2 Å². The Labute approximate surface area is 134 Å². The molecule has 22 heavy (non-hydrogen) atoms. The van der Waals surface area contributed by atoms with E-state index in [2.05, 4.69) is 15.5 Å². The average Bonchev–Trinajstić information content (AvgIpc) is 2.92. The monoisotopic (exact) mass is 319 g/mol. The molecule has 5 nitrogen and oxygen atoms in total. The number of ether oxygens (including phenoxy) is 1. The molecule has 0 aliphatic rings. The highest BCUT2D eigenvalue weighted by atomic mass is 32.1. The molecule has 2 aromatic rings. The lowest BCUT2D eigenvalue weighted by Crippen LogP contribution is -2.39. The summed E-state index contributed by atoms with van der Waals surface area (Å²) in [6.45, 7) is 6.37. The molecule has 1 aromatic carbocycles. The number of amides is 1. The van der Waals surface area contributed by atoms with Crippen LogP contribution in [0.3, 0.4) is 0 Å². The summed E-state index contributed by atoms with van der Waals surface area (Å²) in [6, 6.07) is 7.71. The molecule has 0 aliphatic heterocycles. The Morgan fingerprint density at radius 2 is 2.09 bits per heavy atom. The van der Waals surface area contributed by atoms with E-state index < -0.39 is 6.10 Å². The molecule has 118 valence electrons. The van der Waals surface area contributed by atoms with E-state index in [1.165, 1.54) is 0 Å². The minimum atomic E-state index is -0.475. The van der Waals surface area contributed by atoms with Gasteiger partial charge in [-0.2, -0.15) is 0 Å². The fourth-order valence-electron chi connectivity index (χ4n) is 2.01. The van der Waals surface area contributed by atoms with Gasteiger partial charge in [-0.25, -0.2) is 0 Å². The number of aromatic nitrogens is 2. The lowest BCUT2D eigenvalue weighted by molar-refractivity contribution is -0.128. The van der Waals surface area contributed by atoms with Crippen molar-refractivity contribution in [2.24, 2.45) is 0 Å². The molecule has 0 saturated heterocycles. The van der Waals surface area contributed by atoms with Gasteiger partial charge in [0.1, 0.15) is 15.8 Å². The number of nitrogens with zero attached hydrogens (tertiary/aromatic N) is 2. The van der Waals surface area contributed by atoms with Gasteiger partial charge in [0.25, 0.3) is 5.91 Å². The first kappa shape index (κ1) is 16.4. The molecule has 1 atom stereocenters. The molecule has 0 radical (unpaired) electrons. The zero-order valence-corrected chi connectivity index (χ0v) is 13.9. The van der Waals surface area contributed by atoms with E-state index in [0.717, 1.165) is 21.3 Å². The van der Waals surface area contributed by atoms with Crippen LogP contribution in [0, 0.1) is 13.8 Å². The molecule has 1 unspecified atom stereocenters. The van der Waals surface area contributed by atoms with Gasteiger partial charge >= 0.3 is 0 Å². The molecule has 0 bridgehead atoms. The third kappa shape index (κ3) is 4.53. The first-order chi connectivity index (χ1) is 10.6. The van der Waals surface area contributed by atoms with Crippen LogP contribution in [0.1, 0.15) is 28.9 Å². The molecule has 0 fully saturated rings. The van der Waals surface area contributed by atoms with Crippen molar-refractivity contribution < 1.29 is 9.53 Å². The summed E-state index contributed by atoms with van der Waals surface area (Å²) in [4.78, 5) is 12.2. The van der Waals surface area contributed by atoms with Gasteiger partial charge in [0.05, 0.1) is 0 Å². The molecule has 0 saturated carbocycles. The Balaban J connectivity index is 1.85. The van der Waals surface area contributed by atoms with E-state index in [1.807, 2.05) is 45.0 Å². The van der Waals surface area contributed by atoms with Gasteiger partial charge in [0.2, 0.25) is 0 Å². The molecule has 0 aliphatic carbocycles. The van der Waals surface area contributed by atoms with E-state index >= 15 is 0 Å². The molecule has 1 aromatic heterocycles. The van der Waals surface area contributed by atoms with Gasteiger partial charge < -0.3 is 10.1 Å². The third-order valence-electron chi connectivity index (χ3n) is 3.23. The van der Waals surface area contributed by atoms with Crippen molar-refractivity contribution in [3.05, 3.63) is 39.8 Å². The van der Waals surface area contributed by atoms with Gasteiger partial charge in [0.15, 0.2) is 6.10 Å². The zero-order valence-electron chi connectivity index (χ0n) is 13.1. The summed E-state index contributed by atoms with van der Waals surface area (Å²) >= 11 is 1.55. The number of carbonyl (C=O) groups is 1. The predicted octanol–water partition coefficient (Wildman–Crippen LogP) is 2.67. The Hall–Kier alpha value is -1.95. The maximum Gasteiger partial charge on any atom is 0.261 e. The van der Waals surface area contributed by atoms with Crippen molar-refractivity contribution in [2.75, 3.05) is 6.54 Å². The smallest absolute Gasteiger partial charge is 0.261 e. The van der Waals surface area contributed by atoms with E-state index in [9.17, 15) is 4.79 Å². The Morgan fingerprint density at radius 1 is 1.32 bits per heavy atom. The highest BCUT2D eigenvalue weighted by Gasteiger charge is 2.18. The largest absolute Gasteiger partial charge is 0.480 e. The number of nitrogens with one attached hydrogen (secondary N) is 1. The highest BCUT2D eigenvalue weighted by Crippen LogP contribution is 2.18. The standard InChI is InChI=1S/C16H21N3O2S/c1-4-13(21-14-8-6-5-7-11(14)2)16(20)17-10-9-15-19-18-12(3)22-15/h5-8,13H,4,9-10H2,1-3H3,(H,17,20). The fraction of sp³-hybridized carbons (Fsp3) is 0.438. The molecule has 2 rings (SSSR count). The Morgan fingerprint density at radius 3 is 2.73 bits per heavy atom. The summed E-state index contributed by atoms with van der Waals surface area (Å²) in [6.07, 6.45) is 0.841. The van der Waals surface area contributed by atoms with Gasteiger partial charge in [0, 0.05) is 13.0 Å². The Bertz CT molecular complexity index is 627. The minimum absolute atomic E-state index is 0.0907. The van der Waals surface area contributed by atoms with Gasteiger partial charge in [-0.05, 0) is 31.9 Å². The van der Waals surface area contributed by atoms with Crippen LogP contribution in [0.25, 0.3) is 0 Å². The van der Waals surface area contributed by atoms with Gasteiger partial charge in [-0.3, -0.25) is 4.79 Å². The maximum atomic E-state index is 12.2. The van der Waals surface area contributed by atoms with Crippen LogP contribution in [-0.4, -0.2) is 28.8 Å². The van der Waals surface area contributed by atoms with Crippen molar-refractivity contribution in [2.45, 2.75) is 39.7 Å².